The number of hydrogen-bond acceptors (Lipinski definition) is 3. The number of aryl methyl sites for hydroxylation is 2. The number of nitrogens with one attached hydrogen (secondary N) is 1. The van der Waals surface area contributed by atoms with Crippen LogP contribution >= 0.6 is 11.6 Å². The number of nitrogens with zero attached hydrogens (tertiary/aromatic N) is 2. The summed E-state index contributed by atoms with van der Waals surface area (Å²) in [5, 5.41) is 3.43. The van der Waals surface area contributed by atoms with Crippen LogP contribution in [0, 0.1) is 19.3 Å². The summed E-state index contributed by atoms with van der Waals surface area (Å²) in [5.41, 5.74) is 2.17. The summed E-state index contributed by atoms with van der Waals surface area (Å²) in [6.07, 6.45) is 6.84. The van der Waals surface area contributed by atoms with E-state index in [0.29, 0.717) is 0 Å². The lowest BCUT2D eigenvalue weighted by Crippen LogP contribution is -2.29. The summed E-state index contributed by atoms with van der Waals surface area (Å²) in [5.74, 6) is 1.64. The second-order valence-corrected chi connectivity index (χ2v) is 5.41. The minimum absolute atomic E-state index is 0.263. The minimum Gasteiger partial charge on any atom is -0.368 e. The number of halogens is 1. The molecule has 1 saturated carbocycles. The lowest BCUT2D eigenvalue weighted by Gasteiger charge is -2.27. The molecule has 1 aromatic heterocycles. The van der Waals surface area contributed by atoms with Gasteiger partial charge in [0.15, 0.2) is 0 Å². The van der Waals surface area contributed by atoms with Crippen LogP contribution in [0.25, 0.3) is 0 Å². The molecule has 0 radical (unpaired) electrons. The fraction of sp³-hybridized carbons (Fsp3) is 0.692. The Morgan fingerprint density at radius 1 is 1.35 bits per heavy atom. The molecular weight excluding hydrogens is 234 g/mol. The van der Waals surface area contributed by atoms with Gasteiger partial charge in [-0.15, -0.1) is 11.6 Å². The van der Waals surface area contributed by atoms with E-state index in [1.165, 1.54) is 25.7 Å². The van der Waals surface area contributed by atoms with Gasteiger partial charge in [0.2, 0.25) is 0 Å². The number of rotatable bonds is 4. The van der Waals surface area contributed by atoms with Crippen molar-refractivity contribution in [3.8, 4) is 0 Å². The summed E-state index contributed by atoms with van der Waals surface area (Å²) in [6.45, 7) is 4.86. The van der Waals surface area contributed by atoms with Crippen molar-refractivity contribution < 1.29 is 0 Å². The Balaban J connectivity index is 2.03. The van der Waals surface area contributed by atoms with Gasteiger partial charge >= 0.3 is 0 Å². The number of anilines is 1. The van der Waals surface area contributed by atoms with Crippen LogP contribution in [0.1, 0.15) is 37.1 Å². The normalized spacial score (nSPS) is 18.3. The molecule has 1 aliphatic rings. The zero-order chi connectivity index (χ0) is 12.3. The highest BCUT2D eigenvalue weighted by molar-refractivity contribution is 6.18. The molecule has 94 valence electrons. The van der Waals surface area contributed by atoms with Crippen LogP contribution in [-0.4, -0.2) is 22.4 Å². The van der Waals surface area contributed by atoms with Crippen LogP contribution < -0.4 is 5.32 Å². The molecule has 0 aromatic carbocycles. The first-order chi connectivity index (χ1) is 8.15. The van der Waals surface area contributed by atoms with Crippen molar-refractivity contribution in [1.82, 2.24) is 9.97 Å². The smallest absolute Gasteiger partial charge is 0.147 e. The Kier molecular flexibility index (Phi) is 3.87. The summed E-state index contributed by atoms with van der Waals surface area (Å²) >= 11 is 6.13. The van der Waals surface area contributed by atoms with E-state index in [-0.39, 0.29) is 5.41 Å². The van der Waals surface area contributed by atoms with Gasteiger partial charge < -0.3 is 5.32 Å². The molecule has 0 amide bonds. The molecule has 4 heteroatoms. The molecule has 0 bridgehead atoms. The highest BCUT2D eigenvalue weighted by atomic mass is 35.5. The third-order valence-corrected chi connectivity index (χ3v) is 4.22. The Labute approximate surface area is 108 Å². The molecule has 0 aliphatic heterocycles. The SMILES string of the molecule is Cc1cnc(C)c(NCC2(CCl)CCCC2)n1. The highest BCUT2D eigenvalue weighted by Gasteiger charge is 2.32. The van der Waals surface area contributed by atoms with E-state index >= 15 is 0 Å². The quantitative estimate of drug-likeness (QED) is 0.837. The predicted molar refractivity (Wildman–Crippen MR) is 71.6 cm³/mol. The molecular formula is C13H20ClN3. The van der Waals surface area contributed by atoms with Crippen molar-refractivity contribution in [3.05, 3.63) is 17.6 Å². The number of aromatic nitrogens is 2. The van der Waals surface area contributed by atoms with Crippen molar-refractivity contribution in [2.75, 3.05) is 17.7 Å². The van der Waals surface area contributed by atoms with Gasteiger partial charge in [-0.2, -0.15) is 0 Å². The van der Waals surface area contributed by atoms with E-state index in [4.69, 9.17) is 11.6 Å². The van der Waals surface area contributed by atoms with Gasteiger partial charge in [-0.3, -0.25) is 4.98 Å². The van der Waals surface area contributed by atoms with E-state index < -0.39 is 0 Å². The zero-order valence-corrected chi connectivity index (χ0v) is 11.3. The average Bonchev–Trinajstić information content (AvgIpc) is 2.80. The van der Waals surface area contributed by atoms with E-state index in [1.807, 2.05) is 13.8 Å². The average molecular weight is 254 g/mol. The predicted octanol–water partition coefficient (Wildman–Crippen LogP) is 3.30. The molecule has 0 saturated heterocycles. The zero-order valence-electron chi connectivity index (χ0n) is 10.6. The summed E-state index contributed by atoms with van der Waals surface area (Å²) in [6, 6.07) is 0. The Morgan fingerprint density at radius 2 is 2.06 bits per heavy atom. The molecule has 2 rings (SSSR count). The van der Waals surface area contributed by atoms with Gasteiger partial charge in [-0.05, 0) is 26.7 Å². The monoisotopic (exact) mass is 253 g/mol. The van der Waals surface area contributed by atoms with Gasteiger partial charge in [0.05, 0.1) is 11.4 Å². The lowest BCUT2D eigenvalue weighted by atomic mass is 9.88. The standard InChI is InChI=1S/C13H20ClN3/c1-10-7-15-11(2)12(17-10)16-9-13(8-14)5-3-4-6-13/h7H,3-6,8-9H2,1-2H3,(H,16,17). The third kappa shape index (κ3) is 2.89. The molecule has 1 fully saturated rings. The van der Waals surface area contributed by atoms with Crippen LogP contribution in [0.4, 0.5) is 5.82 Å². The lowest BCUT2D eigenvalue weighted by molar-refractivity contribution is 0.368. The summed E-state index contributed by atoms with van der Waals surface area (Å²) in [4.78, 5) is 8.80. The van der Waals surface area contributed by atoms with Gasteiger partial charge in [-0.1, -0.05) is 12.8 Å². The third-order valence-electron chi connectivity index (χ3n) is 3.65. The van der Waals surface area contributed by atoms with Crippen molar-refractivity contribution >= 4 is 17.4 Å². The molecule has 1 aliphatic carbocycles. The van der Waals surface area contributed by atoms with Gasteiger partial charge in [0.25, 0.3) is 0 Å². The molecule has 0 spiro atoms. The maximum absolute atomic E-state index is 6.13. The minimum atomic E-state index is 0.263. The second-order valence-electron chi connectivity index (χ2n) is 5.14. The molecule has 1 aromatic rings. The molecule has 1 heterocycles. The fourth-order valence-corrected chi connectivity index (χ4v) is 2.82. The molecule has 17 heavy (non-hydrogen) atoms. The van der Waals surface area contributed by atoms with Crippen molar-refractivity contribution in [3.63, 3.8) is 0 Å². The topological polar surface area (TPSA) is 37.8 Å². The molecule has 0 unspecified atom stereocenters. The van der Waals surface area contributed by atoms with Crippen LogP contribution in [0.3, 0.4) is 0 Å². The van der Waals surface area contributed by atoms with Gasteiger partial charge in [0.1, 0.15) is 5.82 Å². The summed E-state index contributed by atoms with van der Waals surface area (Å²) < 4.78 is 0. The van der Waals surface area contributed by atoms with Gasteiger partial charge in [-0.25, -0.2) is 4.98 Å². The number of alkyl halides is 1. The van der Waals surface area contributed by atoms with E-state index in [2.05, 4.69) is 15.3 Å². The second kappa shape index (κ2) is 5.21. The largest absolute Gasteiger partial charge is 0.368 e. The first-order valence-corrected chi connectivity index (χ1v) is 6.79. The van der Waals surface area contributed by atoms with Crippen molar-refractivity contribution in [2.24, 2.45) is 5.41 Å². The maximum Gasteiger partial charge on any atom is 0.147 e. The maximum atomic E-state index is 6.13. The molecule has 3 nitrogen and oxygen atoms in total. The van der Waals surface area contributed by atoms with Gasteiger partial charge in [0, 0.05) is 24.0 Å². The van der Waals surface area contributed by atoms with Crippen LogP contribution in [-0.2, 0) is 0 Å². The van der Waals surface area contributed by atoms with Crippen LogP contribution in [0.2, 0.25) is 0 Å². The Hall–Kier alpha value is -0.830. The molecule has 1 N–H and O–H groups in total. The van der Waals surface area contributed by atoms with E-state index in [9.17, 15) is 0 Å². The van der Waals surface area contributed by atoms with Crippen molar-refractivity contribution in [2.45, 2.75) is 39.5 Å². The van der Waals surface area contributed by atoms with E-state index in [0.717, 1.165) is 29.6 Å². The summed E-state index contributed by atoms with van der Waals surface area (Å²) in [7, 11) is 0. The highest BCUT2D eigenvalue weighted by Crippen LogP contribution is 2.39. The van der Waals surface area contributed by atoms with E-state index in [1.54, 1.807) is 6.20 Å². The fourth-order valence-electron chi connectivity index (χ4n) is 2.46. The first kappa shape index (κ1) is 12.6. The Bertz CT molecular complexity index is 386. The van der Waals surface area contributed by atoms with Crippen LogP contribution in [0.15, 0.2) is 6.20 Å². The Morgan fingerprint density at radius 3 is 2.71 bits per heavy atom. The number of hydrogen-bond donors (Lipinski definition) is 1. The van der Waals surface area contributed by atoms with Crippen LogP contribution in [0.5, 0.6) is 0 Å². The van der Waals surface area contributed by atoms with Crippen molar-refractivity contribution in [1.29, 1.82) is 0 Å². The molecule has 0 atom stereocenters. The first-order valence-electron chi connectivity index (χ1n) is 6.25.